The predicted molar refractivity (Wildman–Crippen MR) is 77.5 cm³/mol. The van der Waals surface area contributed by atoms with Crippen LogP contribution in [-0.4, -0.2) is 18.2 Å². The molecule has 20 heavy (non-hydrogen) atoms. The zero-order valence-corrected chi connectivity index (χ0v) is 12.1. The molecule has 0 saturated heterocycles. The summed E-state index contributed by atoms with van der Waals surface area (Å²) >= 11 is 0. The number of primary sulfonamides is 1. The van der Waals surface area contributed by atoms with Crippen molar-refractivity contribution in [2.75, 3.05) is 11.1 Å². The Balaban J connectivity index is 2.15. The second kappa shape index (κ2) is 5.14. The van der Waals surface area contributed by atoms with Crippen LogP contribution in [0.3, 0.4) is 0 Å². The van der Waals surface area contributed by atoms with Gasteiger partial charge in [-0.15, -0.1) is 0 Å². The van der Waals surface area contributed by atoms with E-state index in [-0.39, 0.29) is 10.6 Å². The Kier molecular flexibility index (Phi) is 3.69. The van der Waals surface area contributed by atoms with E-state index in [0.29, 0.717) is 6.54 Å². The molecule has 0 aliphatic carbocycles. The maximum atomic E-state index is 11.3. The van der Waals surface area contributed by atoms with Crippen molar-refractivity contribution in [1.29, 1.82) is 0 Å². The topological polar surface area (TPSA) is 116 Å². The van der Waals surface area contributed by atoms with Gasteiger partial charge in [-0.1, -0.05) is 0 Å². The number of hydrogen-bond donors (Lipinski definition) is 3. The summed E-state index contributed by atoms with van der Waals surface area (Å²) < 4.78 is 24.3. The van der Waals surface area contributed by atoms with E-state index in [1.165, 1.54) is 6.07 Å². The molecule has 1 heterocycles. The third kappa shape index (κ3) is 3.09. The average Bonchev–Trinajstić information content (AvgIpc) is 2.63. The number of aryl methyl sites for hydroxylation is 2. The molecule has 0 radical (unpaired) electrons. The summed E-state index contributed by atoms with van der Waals surface area (Å²) in [7, 11) is -1.93. The molecule has 7 nitrogen and oxygen atoms in total. The van der Waals surface area contributed by atoms with Crippen LogP contribution < -0.4 is 16.2 Å². The highest BCUT2D eigenvalue weighted by Crippen LogP contribution is 2.22. The van der Waals surface area contributed by atoms with E-state index >= 15 is 0 Å². The number of sulfonamides is 1. The van der Waals surface area contributed by atoms with Crippen molar-refractivity contribution in [3.05, 3.63) is 35.7 Å². The number of aromatic nitrogens is 2. The highest BCUT2D eigenvalue weighted by Gasteiger charge is 2.12. The van der Waals surface area contributed by atoms with Gasteiger partial charge in [-0.25, -0.2) is 13.6 Å². The van der Waals surface area contributed by atoms with Crippen molar-refractivity contribution < 1.29 is 8.42 Å². The van der Waals surface area contributed by atoms with Gasteiger partial charge in [0.25, 0.3) is 0 Å². The molecule has 1 aromatic carbocycles. The lowest BCUT2D eigenvalue weighted by atomic mass is 10.2. The molecule has 108 valence electrons. The van der Waals surface area contributed by atoms with Crippen molar-refractivity contribution in [3.63, 3.8) is 0 Å². The Bertz CT molecular complexity index is 736. The first-order valence-electron chi connectivity index (χ1n) is 5.92. The number of anilines is 2. The minimum atomic E-state index is -3.79. The molecule has 1 aromatic heterocycles. The first-order valence-corrected chi connectivity index (χ1v) is 7.47. The molecule has 0 unspecified atom stereocenters. The Labute approximate surface area is 117 Å². The monoisotopic (exact) mass is 295 g/mol. The summed E-state index contributed by atoms with van der Waals surface area (Å²) in [5, 5.41) is 12.5. The van der Waals surface area contributed by atoms with Crippen molar-refractivity contribution in [1.82, 2.24) is 9.78 Å². The smallest absolute Gasteiger partial charge is 0.240 e. The van der Waals surface area contributed by atoms with Crippen LogP contribution >= 0.6 is 0 Å². The number of nitrogens with two attached hydrogens (primary N) is 2. The van der Waals surface area contributed by atoms with E-state index in [1.54, 1.807) is 16.8 Å². The van der Waals surface area contributed by atoms with Gasteiger partial charge in [-0.05, 0) is 25.1 Å². The second-order valence-electron chi connectivity index (χ2n) is 4.56. The van der Waals surface area contributed by atoms with E-state index in [2.05, 4.69) is 10.4 Å². The Hall–Kier alpha value is -2.06. The maximum absolute atomic E-state index is 11.3. The summed E-state index contributed by atoms with van der Waals surface area (Å²) in [6, 6.07) is 4.57. The van der Waals surface area contributed by atoms with Crippen LogP contribution in [0.1, 0.15) is 11.3 Å². The SMILES string of the molecule is Cc1nn(C)cc1CNc1ccc(S(N)(=O)=O)c(N)c1. The van der Waals surface area contributed by atoms with Gasteiger partial charge < -0.3 is 11.1 Å². The van der Waals surface area contributed by atoms with Gasteiger partial charge in [-0.2, -0.15) is 5.10 Å². The fourth-order valence-corrected chi connectivity index (χ4v) is 2.58. The van der Waals surface area contributed by atoms with Crippen LogP contribution in [0.4, 0.5) is 11.4 Å². The first-order chi connectivity index (χ1) is 9.27. The molecule has 0 atom stereocenters. The molecule has 2 aromatic rings. The summed E-state index contributed by atoms with van der Waals surface area (Å²) in [6.45, 7) is 2.50. The number of rotatable bonds is 4. The third-order valence-corrected chi connectivity index (χ3v) is 3.90. The lowest BCUT2D eigenvalue weighted by Gasteiger charge is -2.09. The van der Waals surface area contributed by atoms with Gasteiger partial charge in [0.1, 0.15) is 4.90 Å². The van der Waals surface area contributed by atoms with Crippen molar-refractivity contribution in [2.24, 2.45) is 12.2 Å². The first kappa shape index (κ1) is 14.4. The normalized spacial score (nSPS) is 11.6. The standard InChI is InChI=1S/C12H17N5O2S/c1-8-9(7-17(2)16-8)6-15-10-3-4-12(11(13)5-10)20(14,18)19/h3-5,7,15H,6,13H2,1-2H3,(H2,14,18,19). The molecule has 0 spiro atoms. The zero-order valence-electron chi connectivity index (χ0n) is 11.3. The molecule has 0 aliphatic rings. The third-order valence-electron chi connectivity index (χ3n) is 2.91. The Morgan fingerprint density at radius 3 is 2.60 bits per heavy atom. The summed E-state index contributed by atoms with van der Waals surface area (Å²) in [5.74, 6) is 0. The molecule has 0 aliphatic heterocycles. The molecule has 0 bridgehead atoms. The number of nitrogens with one attached hydrogen (secondary N) is 1. The lowest BCUT2D eigenvalue weighted by molar-refractivity contribution is 0.598. The number of nitrogen functional groups attached to an aromatic ring is 1. The average molecular weight is 295 g/mol. The summed E-state index contributed by atoms with van der Waals surface area (Å²) in [5.41, 5.74) is 8.54. The fourth-order valence-electron chi connectivity index (χ4n) is 1.94. The van der Waals surface area contributed by atoms with E-state index in [1.807, 2.05) is 20.2 Å². The molecule has 5 N–H and O–H groups in total. The summed E-state index contributed by atoms with van der Waals surface area (Å²) in [4.78, 5) is -0.0689. The molecule has 0 amide bonds. The maximum Gasteiger partial charge on any atom is 0.240 e. The van der Waals surface area contributed by atoms with Gasteiger partial charge in [0.15, 0.2) is 0 Å². The highest BCUT2D eigenvalue weighted by atomic mass is 32.2. The van der Waals surface area contributed by atoms with Gasteiger partial charge in [0.2, 0.25) is 10.0 Å². The molecular weight excluding hydrogens is 278 g/mol. The molecular formula is C12H17N5O2S. The Morgan fingerprint density at radius 1 is 1.40 bits per heavy atom. The van der Waals surface area contributed by atoms with Gasteiger partial charge >= 0.3 is 0 Å². The summed E-state index contributed by atoms with van der Waals surface area (Å²) in [6.07, 6.45) is 1.92. The highest BCUT2D eigenvalue weighted by molar-refractivity contribution is 7.89. The van der Waals surface area contributed by atoms with Crippen molar-refractivity contribution >= 4 is 21.4 Å². The van der Waals surface area contributed by atoms with Crippen LogP contribution in [0.2, 0.25) is 0 Å². The van der Waals surface area contributed by atoms with E-state index in [0.717, 1.165) is 16.9 Å². The minimum Gasteiger partial charge on any atom is -0.398 e. The van der Waals surface area contributed by atoms with Crippen molar-refractivity contribution in [3.8, 4) is 0 Å². The van der Waals surface area contributed by atoms with E-state index < -0.39 is 10.0 Å². The van der Waals surface area contributed by atoms with Crippen LogP contribution in [0, 0.1) is 6.92 Å². The lowest BCUT2D eigenvalue weighted by Crippen LogP contribution is -2.14. The van der Waals surface area contributed by atoms with E-state index in [4.69, 9.17) is 10.9 Å². The zero-order chi connectivity index (χ0) is 14.9. The van der Waals surface area contributed by atoms with E-state index in [9.17, 15) is 8.42 Å². The van der Waals surface area contributed by atoms with Crippen molar-refractivity contribution in [2.45, 2.75) is 18.4 Å². The molecule has 8 heteroatoms. The fraction of sp³-hybridized carbons (Fsp3) is 0.250. The largest absolute Gasteiger partial charge is 0.398 e. The van der Waals surface area contributed by atoms with Gasteiger partial charge in [0, 0.05) is 31.0 Å². The van der Waals surface area contributed by atoms with Crippen LogP contribution in [0.25, 0.3) is 0 Å². The number of hydrogen-bond acceptors (Lipinski definition) is 5. The number of nitrogens with zero attached hydrogens (tertiary/aromatic N) is 2. The van der Waals surface area contributed by atoms with Gasteiger partial charge in [0.05, 0.1) is 11.4 Å². The number of benzene rings is 1. The van der Waals surface area contributed by atoms with Gasteiger partial charge in [-0.3, -0.25) is 4.68 Å². The van der Waals surface area contributed by atoms with Crippen LogP contribution in [0.15, 0.2) is 29.3 Å². The predicted octanol–water partition coefficient (Wildman–Crippen LogP) is 0.570. The second-order valence-corrected chi connectivity index (χ2v) is 6.09. The minimum absolute atomic E-state index is 0.0689. The van der Waals surface area contributed by atoms with Crippen LogP contribution in [0.5, 0.6) is 0 Å². The van der Waals surface area contributed by atoms with Crippen LogP contribution in [-0.2, 0) is 23.6 Å². The molecule has 2 rings (SSSR count). The molecule has 0 saturated carbocycles. The molecule has 0 fully saturated rings. The quantitative estimate of drug-likeness (QED) is 0.713. The Morgan fingerprint density at radius 2 is 2.10 bits per heavy atom.